The zero-order valence-corrected chi connectivity index (χ0v) is 12.9. The predicted molar refractivity (Wildman–Crippen MR) is 82.5 cm³/mol. The first-order valence-electron chi connectivity index (χ1n) is 7.00. The van der Waals surface area contributed by atoms with Gasteiger partial charge in [0.1, 0.15) is 10.7 Å². The highest BCUT2D eigenvalue weighted by Crippen LogP contribution is 2.25. The van der Waals surface area contributed by atoms with Crippen molar-refractivity contribution in [1.82, 2.24) is 20.2 Å². The molecule has 2 aromatic rings. The van der Waals surface area contributed by atoms with Crippen LogP contribution in [0.2, 0.25) is 0 Å². The van der Waals surface area contributed by atoms with Crippen LogP contribution in [0.15, 0.2) is 4.79 Å². The van der Waals surface area contributed by atoms with Gasteiger partial charge in [0.05, 0.1) is 11.9 Å². The second-order valence-electron chi connectivity index (χ2n) is 5.50. The maximum absolute atomic E-state index is 12.2. The molecule has 1 aliphatic rings. The van der Waals surface area contributed by atoms with E-state index in [9.17, 15) is 4.79 Å². The second kappa shape index (κ2) is 5.27. The van der Waals surface area contributed by atoms with E-state index in [0.717, 1.165) is 41.2 Å². The molecule has 0 radical (unpaired) electrons. The number of hydrogen-bond donors (Lipinski definition) is 2. The smallest absolute Gasteiger partial charge is 0.259 e. The summed E-state index contributed by atoms with van der Waals surface area (Å²) < 4.78 is 0. The molecule has 0 saturated carbocycles. The molecule has 5 nitrogen and oxygen atoms in total. The summed E-state index contributed by atoms with van der Waals surface area (Å²) in [6.07, 6.45) is 0. The van der Waals surface area contributed by atoms with E-state index >= 15 is 0 Å². The Kier molecular flexibility index (Phi) is 3.62. The van der Waals surface area contributed by atoms with E-state index in [0.29, 0.717) is 12.6 Å². The Bertz CT molecular complexity index is 690. The SMILES string of the molecule is Cc1sc2nc(CN3CCNC[C@@H]3C)[nH]c(=O)c2c1C. The van der Waals surface area contributed by atoms with Gasteiger partial charge in [-0.25, -0.2) is 4.98 Å². The zero-order valence-electron chi connectivity index (χ0n) is 12.1. The molecule has 3 heterocycles. The van der Waals surface area contributed by atoms with Crippen LogP contribution in [0, 0.1) is 13.8 Å². The van der Waals surface area contributed by atoms with E-state index in [1.165, 1.54) is 4.88 Å². The molecule has 0 bridgehead atoms. The molecule has 1 fully saturated rings. The lowest BCUT2D eigenvalue weighted by molar-refractivity contribution is 0.162. The van der Waals surface area contributed by atoms with Crippen molar-refractivity contribution in [2.75, 3.05) is 19.6 Å². The lowest BCUT2D eigenvalue weighted by Gasteiger charge is -2.33. The van der Waals surface area contributed by atoms with E-state index in [-0.39, 0.29) is 5.56 Å². The van der Waals surface area contributed by atoms with Crippen molar-refractivity contribution in [2.45, 2.75) is 33.4 Å². The van der Waals surface area contributed by atoms with Gasteiger partial charge in [-0.15, -0.1) is 11.3 Å². The van der Waals surface area contributed by atoms with Gasteiger partial charge in [0.15, 0.2) is 0 Å². The number of rotatable bonds is 2. The van der Waals surface area contributed by atoms with Crippen molar-refractivity contribution in [2.24, 2.45) is 0 Å². The predicted octanol–water partition coefficient (Wildman–Crippen LogP) is 1.40. The Morgan fingerprint density at radius 3 is 3.00 bits per heavy atom. The number of aromatic nitrogens is 2. The number of nitrogens with one attached hydrogen (secondary N) is 2. The van der Waals surface area contributed by atoms with E-state index in [1.807, 2.05) is 13.8 Å². The van der Waals surface area contributed by atoms with Crippen molar-refractivity contribution >= 4 is 21.6 Å². The summed E-state index contributed by atoms with van der Waals surface area (Å²) in [5.74, 6) is 0.775. The highest BCUT2D eigenvalue weighted by Gasteiger charge is 2.19. The number of aromatic amines is 1. The van der Waals surface area contributed by atoms with Crippen molar-refractivity contribution in [3.8, 4) is 0 Å². The summed E-state index contributed by atoms with van der Waals surface area (Å²) in [7, 11) is 0. The van der Waals surface area contributed by atoms with E-state index in [2.05, 4.69) is 27.1 Å². The molecule has 0 amide bonds. The molecule has 2 N–H and O–H groups in total. The Morgan fingerprint density at radius 1 is 1.45 bits per heavy atom. The van der Waals surface area contributed by atoms with Gasteiger partial charge >= 0.3 is 0 Å². The fraction of sp³-hybridized carbons (Fsp3) is 0.571. The minimum absolute atomic E-state index is 0.00497. The highest BCUT2D eigenvalue weighted by atomic mass is 32.1. The van der Waals surface area contributed by atoms with Crippen LogP contribution in [0.25, 0.3) is 10.2 Å². The fourth-order valence-electron chi connectivity index (χ4n) is 2.68. The molecule has 2 aromatic heterocycles. The van der Waals surface area contributed by atoms with Crippen LogP contribution in [-0.2, 0) is 6.54 Å². The van der Waals surface area contributed by atoms with Crippen LogP contribution in [0.5, 0.6) is 0 Å². The number of fused-ring (bicyclic) bond motifs is 1. The van der Waals surface area contributed by atoms with Crippen LogP contribution in [0.3, 0.4) is 0 Å². The molecule has 1 saturated heterocycles. The van der Waals surface area contributed by atoms with Gasteiger partial charge in [0, 0.05) is 30.6 Å². The minimum atomic E-state index is -0.00497. The van der Waals surface area contributed by atoms with Crippen molar-refractivity contribution in [3.63, 3.8) is 0 Å². The molecule has 1 aliphatic heterocycles. The zero-order chi connectivity index (χ0) is 14.3. The van der Waals surface area contributed by atoms with E-state index in [1.54, 1.807) is 11.3 Å². The average Bonchev–Trinajstić information content (AvgIpc) is 2.68. The van der Waals surface area contributed by atoms with Gasteiger partial charge in [-0.1, -0.05) is 0 Å². The van der Waals surface area contributed by atoms with Gasteiger partial charge in [-0.3, -0.25) is 9.69 Å². The van der Waals surface area contributed by atoms with Crippen LogP contribution in [0.4, 0.5) is 0 Å². The largest absolute Gasteiger partial charge is 0.314 e. The first kappa shape index (κ1) is 13.7. The van der Waals surface area contributed by atoms with Crippen LogP contribution < -0.4 is 10.9 Å². The summed E-state index contributed by atoms with van der Waals surface area (Å²) in [5, 5.41) is 4.12. The Balaban J connectivity index is 1.94. The maximum atomic E-state index is 12.2. The quantitative estimate of drug-likeness (QED) is 0.878. The Labute approximate surface area is 122 Å². The first-order valence-corrected chi connectivity index (χ1v) is 7.81. The molecule has 6 heteroatoms. The molecule has 0 aliphatic carbocycles. The van der Waals surface area contributed by atoms with Crippen molar-refractivity contribution in [1.29, 1.82) is 0 Å². The Hall–Kier alpha value is -1.24. The number of hydrogen-bond acceptors (Lipinski definition) is 5. The van der Waals surface area contributed by atoms with Gasteiger partial charge in [-0.2, -0.15) is 0 Å². The third-order valence-corrected chi connectivity index (χ3v) is 5.18. The second-order valence-corrected chi connectivity index (χ2v) is 6.70. The van der Waals surface area contributed by atoms with Crippen molar-refractivity contribution < 1.29 is 0 Å². The van der Waals surface area contributed by atoms with E-state index < -0.39 is 0 Å². The number of thiophene rings is 1. The maximum Gasteiger partial charge on any atom is 0.259 e. The van der Waals surface area contributed by atoms with Gasteiger partial charge in [-0.05, 0) is 26.3 Å². The lowest BCUT2D eigenvalue weighted by Crippen LogP contribution is -2.49. The monoisotopic (exact) mass is 292 g/mol. The first-order chi connectivity index (χ1) is 9.56. The lowest BCUT2D eigenvalue weighted by atomic mass is 10.2. The summed E-state index contributed by atoms with van der Waals surface area (Å²) in [6, 6.07) is 0.469. The van der Waals surface area contributed by atoms with Gasteiger partial charge in [0.25, 0.3) is 5.56 Å². The molecule has 3 rings (SSSR count). The van der Waals surface area contributed by atoms with E-state index in [4.69, 9.17) is 0 Å². The number of piperazine rings is 1. The third kappa shape index (κ3) is 2.39. The highest BCUT2D eigenvalue weighted by molar-refractivity contribution is 7.18. The molecular formula is C14H20N4OS. The Morgan fingerprint density at radius 2 is 2.25 bits per heavy atom. The van der Waals surface area contributed by atoms with Gasteiger partial charge in [0.2, 0.25) is 0 Å². The van der Waals surface area contributed by atoms with Crippen LogP contribution in [0.1, 0.15) is 23.2 Å². The number of nitrogens with zero attached hydrogens (tertiary/aromatic N) is 2. The molecule has 0 aromatic carbocycles. The van der Waals surface area contributed by atoms with Crippen LogP contribution in [-0.4, -0.2) is 40.5 Å². The molecule has 0 unspecified atom stereocenters. The topological polar surface area (TPSA) is 61.0 Å². The summed E-state index contributed by atoms with van der Waals surface area (Å²) in [4.78, 5) is 24.2. The summed E-state index contributed by atoms with van der Waals surface area (Å²) in [6.45, 7) is 9.91. The number of H-pyrrole nitrogens is 1. The molecular weight excluding hydrogens is 272 g/mol. The molecule has 0 spiro atoms. The average molecular weight is 292 g/mol. The summed E-state index contributed by atoms with van der Waals surface area (Å²) >= 11 is 1.61. The van der Waals surface area contributed by atoms with Crippen molar-refractivity contribution in [3.05, 3.63) is 26.6 Å². The minimum Gasteiger partial charge on any atom is -0.314 e. The molecule has 20 heavy (non-hydrogen) atoms. The fourth-order valence-corrected chi connectivity index (χ4v) is 3.73. The summed E-state index contributed by atoms with van der Waals surface area (Å²) in [5.41, 5.74) is 1.05. The standard InChI is InChI=1S/C14H20N4OS/c1-8-6-15-4-5-18(8)7-11-16-13(19)12-9(2)10(3)20-14(12)17-11/h8,15H,4-7H2,1-3H3,(H,16,17,19)/t8-/m0/s1. The molecule has 108 valence electrons. The number of aryl methyl sites for hydroxylation is 2. The molecule has 1 atom stereocenters. The normalized spacial score (nSPS) is 20.6. The third-order valence-electron chi connectivity index (χ3n) is 4.08. The van der Waals surface area contributed by atoms with Gasteiger partial charge < -0.3 is 10.3 Å². The van der Waals surface area contributed by atoms with Crippen LogP contribution >= 0.6 is 11.3 Å².